The number of aryl methyl sites for hydroxylation is 1. The van der Waals surface area contributed by atoms with Gasteiger partial charge in [-0.05, 0) is 44.2 Å². The van der Waals surface area contributed by atoms with Gasteiger partial charge in [-0.2, -0.15) is 0 Å². The third kappa shape index (κ3) is 4.48. The quantitative estimate of drug-likeness (QED) is 0.819. The summed E-state index contributed by atoms with van der Waals surface area (Å²) >= 11 is 6.11. The van der Waals surface area contributed by atoms with Gasteiger partial charge < -0.3 is 10.1 Å². The van der Waals surface area contributed by atoms with E-state index in [0.29, 0.717) is 6.61 Å². The third-order valence-electron chi connectivity index (χ3n) is 3.46. The Morgan fingerprint density at radius 2 is 1.86 bits per heavy atom. The van der Waals surface area contributed by atoms with E-state index in [0.717, 1.165) is 28.4 Å². The lowest BCUT2D eigenvalue weighted by molar-refractivity contribution is 0.300. The Balaban J connectivity index is 2.13. The zero-order chi connectivity index (χ0) is 15.2. The van der Waals surface area contributed by atoms with Crippen LogP contribution in [0.1, 0.15) is 36.6 Å². The van der Waals surface area contributed by atoms with Gasteiger partial charge in [0.1, 0.15) is 12.4 Å². The Kier molecular flexibility index (Phi) is 5.66. The molecule has 0 saturated carbocycles. The van der Waals surface area contributed by atoms with E-state index in [1.165, 1.54) is 5.56 Å². The first-order valence-corrected chi connectivity index (χ1v) is 7.69. The number of rotatable bonds is 6. The maximum absolute atomic E-state index is 6.11. The molecule has 0 aliphatic rings. The van der Waals surface area contributed by atoms with Crippen molar-refractivity contribution in [3.63, 3.8) is 0 Å². The van der Waals surface area contributed by atoms with Gasteiger partial charge in [0.05, 0.1) is 0 Å². The average Bonchev–Trinajstić information content (AvgIpc) is 2.48. The molecule has 2 nitrogen and oxygen atoms in total. The van der Waals surface area contributed by atoms with Gasteiger partial charge in [0, 0.05) is 16.6 Å². The lowest BCUT2D eigenvalue weighted by atomic mass is 10.1. The van der Waals surface area contributed by atoms with Crippen LogP contribution in [0.25, 0.3) is 0 Å². The fourth-order valence-corrected chi connectivity index (χ4v) is 2.43. The molecule has 1 atom stereocenters. The maximum Gasteiger partial charge on any atom is 0.124 e. The van der Waals surface area contributed by atoms with Gasteiger partial charge in [0.25, 0.3) is 0 Å². The van der Waals surface area contributed by atoms with Gasteiger partial charge in [0.15, 0.2) is 0 Å². The molecule has 0 radical (unpaired) electrons. The van der Waals surface area contributed by atoms with Crippen molar-refractivity contribution in [2.45, 2.75) is 33.4 Å². The van der Waals surface area contributed by atoms with Crippen molar-refractivity contribution >= 4 is 11.6 Å². The number of hydrogen-bond acceptors (Lipinski definition) is 2. The van der Waals surface area contributed by atoms with Crippen LogP contribution < -0.4 is 10.1 Å². The van der Waals surface area contributed by atoms with Crippen LogP contribution in [-0.4, -0.2) is 6.54 Å². The highest BCUT2D eigenvalue weighted by Gasteiger charge is 2.11. The van der Waals surface area contributed by atoms with Crippen LogP contribution in [0.15, 0.2) is 42.5 Å². The number of hydrogen-bond donors (Lipinski definition) is 1. The first-order chi connectivity index (χ1) is 10.1. The number of ether oxygens (including phenoxy) is 1. The van der Waals surface area contributed by atoms with E-state index in [2.05, 4.69) is 50.4 Å². The van der Waals surface area contributed by atoms with E-state index in [1.807, 2.05) is 18.2 Å². The van der Waals surface area contributed by atoms with E-state index >= 15 is 0 Å². The Hall–Kier alpha value is -1.51. The highest BCUT2D eigenvalue weighted by atomic mass is 35.5. The molecule has 0 aliphatic heterocycles. The molecule has 0 aromatic heterocycles. The SMILES string of the molecule is CCNC(C)c1cc(Cl)ccc1OCc1ccc(C)cc1. The fourth-order valence-electron chi connectivity index (χ4n) is 2.25. The second-order valence-corrected chi connectivity index (χ2v) is 5.67. The molecule has 0 saturated heterocycles. The molecule has 0 spiro atoms. The van der Waals surface area contributed by atoms with E-state index in [4.69, 9.17) is 16.3 Å². The summed E-state index contributed by atoms with van der Waals surface area (Å²) < 4.78 is 5.99. The molecule has 21 heavy (non-hydrogen) atoms. The predicted octanol–water partition coefficient (Wildman–Crippen LogP) is 4.90. The lowest BCUT2D eigenvalue weighted by Gasteiger charge is -2.18. The second-order valence-electron chi connectivity index (χ2n) is 5.24. The zero-order valence-corrected chi connectivity index (χ0v) is 13.6. The number of nitrogens with one attached hydrogen (secondary N) is 1. The van der Waals surface area contributed by atoms with Crippen molar-refractivity contribution < 1.29 is 4.74 Å². The molecular weight excluding hydrogens is 282 g/mol. The summed E-state index contributed by atoms with van der Waals surface area (Å²) in [6.45, 7) is 7.76. The topological polar surface area (TPSA) is 21.3 Å². The van der Waals surface area contributed by atoms with Crippen LogP contribution in [0.2, 0.25) is 5.02 Å². The summed E-state index contributed by atoms with van der Waals surface area (Å²) in [5.74, 6) is 0.883. The average molecular weight is 304 g/mol. The molecule has 1 unspecified atom stereocenters. The van der Waals surface area contributed by atoms with E-state index in [9.17, 15) is 0 Å². The van der Waals surface area contributed by atoms with Crippen molar-refractivity contribution in [2.24, 2.45) is 0 Å². The van der Waals surface area contributed by atoms with Crippen molar-refractivity contribution in [2.75, 3.05) is 6.54 Å². The predicted molar refractivity (Wildman–Crippen MR) is 89.1 cm³/mol. The number of halogens is 1. The van der Waals surface area contributed by atoms with Gasteiger partial charge >= 0.3 is 0 Å². The first kappa shape index (κ1) is 15.9. The molecule has 0 heterocycles. The Bertz CT molecular complexity index is 580. The minimum absolute atomic E-state index is 0.210. The van der Waals surface area contributed by atoms with Crippen molar-refractivity contribution in [3.05, 3.63) is 64.2 Å². The van der Waals surface area contributed by atoms with Crippen LogP contribution in [0.5, 0.6) is 5.75 Å². The molecule has 112 valence electrons. The second kappa shape index (κ2) is 7.48. The minimum atomic E-state index is 0.210. The largest absolute Gasteiger partial charge is 0.489 e. The van der Waals surface area contributed by atoms with Crippen LogP contribution in [-0.2, 0) is 6.61 Å². The van der Waals surface area contributed by atoms with Gasteiger partial charge in [-0.25, -0.2) is 0 Å². The Morgan fingerprint density at radius 3 is 2.52 bits per heavy atom. The van der Waals surface area contributed by atoms with Crippen LogP contribution in [0, 0.1) is 6.92 Å². The molecule has 0 fully saturated rings. The summed E-state index contributed by atoms with van der Waals surface area (Å²) in [7, 11) is 0. The summed E-state index contributed by atoms with van der Waals surface area (Å²) in [4.78, 5) is 0. The summed E-state index contributed by atoms with van der Waals surface area (Å²) in [6, 6.07) is 14.4. The fraction of sp³-hybridized carbons (Fsp3) is 0.333. The van der Waals surface area contributed by atoms with Gasteiger partial charge in [-0.1, -0.05) is 48.4 Å². The molecule has 0 bridgehead atoms. The summed E-state index contributed by atoms with van der Waals surface area (Å²) in [6.07, 6.45) is 0. The maximum atomic E-state index is 6.11. The van der Waals surface area contributed by atoms with Crippen LogP contribution in [0.3, 0.4) is 0 Å². The van der Waals surface area contributed by atoms with Crippen LogP contribution in [0.4, 0.5) is 0 Å². The van der Waals surface area contributed by atoms with E-state index in [1.54, 1.807) is 0 Å². The van der Waals surface area contributed by atoms with Crippen molar-refractivity contribution in [1.82, 2.24) is 5.32 Å². The van der Waals surface area contributed by atoms with Gasteiger partial charge in [0.2, 0.25) is 0 Å². The first-order valence-electron chi connectivity index (χ1n) is 7.31. The molecule has 0 amide bonds. The molecule has 2 aromatic rings. The molecule has 2 aromatic carbocycles. The van der Waals surface area contributed by atoms with Gasteiger partial charge in [-0.3, -0.25) is 0 Å². The normalized spacial score (nSPS) is 12.2. The summed E-state index contributed by atoms with van der Waals surface area (Å²) in [5.41, 5.74) is 3.51. The van der Waals surface area contributed by atoms with Crippen molar-refractivity contribution in [3.8, 4) is 5.75 Å². The molecule has 2 rings (SSSR count). The smallest absolute Gasteiger partial charge is 0.124 e. The Labute approximate surface area is 132 Å². The number of benzene rings is 2. The van der Waals surface area contributed by atoms with E-state index in [-0.39, 0.29) is 6.04 Å². The Morgan fingerprint density at radius 1 is 1.14 bits per heavy atom. The summed E-state index contributed by atoms with van der Waals surface area (Å²) in [5, 5.41) is 4.13. The molecule has 3 heteroatoms. The van der Waals surface area contributed by atoms with E-state index < -0.39 is 0 Å². The van der Waals surface area contributed by atoms with Crippen molar-refractivity contribution in [1.29, 1.82) is 0 Å². The van der Waals surface area contributed by atoms with Crippen LogP contribution >= 0.6 is 11.6 Å². The molecular formula is C18H22ClNO. The zero-order valence-electron chi connectivity index (χ0n) is 12.8. The highest BCUT2D eigenvalue weighted by Crippen LogP contribution is 2.29. The lowest BCUT2D eigenvalue weighted by Crippen LogP contribution is -2.18. The monoisotopic (exact) mass is 303 g/mol. The third-order valence-corrected chi connectivity index (χ3v) is 3.70. The highest BCUT2D eigenvalue weighted by molar-refractivity contribution is 6.30. The minimum Gasteiger partial charge on any atom is -0.489 e. The molecule has 0 aliphatic carbocycles. The standard InChI is InChI=1S/C18H22ClNO/c1-4-20-14(3)17-11-16(19)9-10-18(17)21-12-15-7-5-13(2)6-8-15/h5-11,14,20H,4,12H2,1-3H3. The van der Waals surface area contributed by atoms with Gasteiger partial charge in [-0.15, -0.1) is 0 Å². The molecule has 1 N–H and O–H groups in total.